The molecular weight excluding hydrogens is 212 g/mol. The predicted molar refractivity (Wildman–Crippen MR) is 50.9 cm³/mol. The molecule has 0 rings (SSSR count). The highest BCUT2D eigenvalue weighted by molar-refractivity contribution is 7.89. The Hall–Kier alpha value is -0.450. The van der Waals surface area contributed by atoms with Crippen molar-refractivity contribution in [1.82, 2.24) is 4.72 Å². The standard InChI is InChI=1S/C6H12N2O3S2/c1-6(12(2)9)5-8-13(10,11)4-3-7/h6,8H,4-5H2,1-2H3. The highest BCUT2D eigenvalue weighted by Gasteiger charge is 2.12. The number of hydrogen-bond donors (Lipinski definition) is 1. The smallest absolute Gasteiger partial charge is 0.225 e. The van der Waals surface area contributed by atoms with Crippen molar-refractivity contribution in [3.05, 3.63) is 0 Å². The van der Waals surface area contributed by atoms with Crippen LogP contribution in [0.15, 0.2) is 0 Å². The highest BCUT2D eigenvalue weighted by atomic mass is 32.2. The van der Waals surface area contributed by atoms with Gasteiger partial charge in [0.25, 0.3) is 0 Å². The molecule has 76 valence electrons. The number of sulfonamides is 1. The monoisotopic (exact) mass is 224 g/mol. The zero-order chi connectivity index (χ0) is 10.5. The maximum absolute atomic E-state index is 10.9. The summed E-state index contributed by atoms with van der Waals surface area (Å²) in [7, 11) is -4.56. The van der Waals surface area contributed by atoms with Gasteiger partial charge in [0.1, 0.15) is 0 Å². The van der Waals surface area contributed by atoms with Crippen LogP contribution in [0.2, 0.25) is 0 Å². The van der Waals surface area contributed by atoms with E-state index in [4.69, 9.17) is 5.26 Å². The molecule has 0 aliphatic carbocycles. The van der Waals surface area contributed by atoms with Crippen molar-refractivity contribution >= 4 is 20.8 Å². The molecule has 5 nitrogen and oxygen atoms in total. The Morgan fingerprint density at radius 2 is 2.15 bits per heavy atom. The fourth-order valence-corrected chi connectivity index (χ4v) is 1.70. The number of hydrogen-bond acceptors (Lipinski definition) is 4. The van der Waals surface area contributed by atoms with Gasteiger partial charge in [-0.2, -0.15) is 5.26 Å². The molecule has 1 N–H and O–H groups in total. The van der Waals surface area contributed by atoms with E-state index in [-0.39, 0.29) is 11.8 Å². The summed E-state index contributed by atoms with van der Waals surface area (Å²) in [6, 6.07) is 1.53. The van der Waals surface area contributed by atoms with Crippen molar-refractivity contribution in [1.29, 1.82) is 5.26 Å². The minimum Gasteiger partial charge on any atom is -0.260 e. The minimum atomic E-state index is -3.51. The molecule has 0 heterocycles. The number of nitriles is 1. The lowest BCUT2D eigenvalue weighted by atomic mass is 10.5. The number of nitrogens with zero attached hydrogens (tertiary/aromatic N) is 1. The quantitative estimate of drug-likeness (QED) is 0.662. The molecule has 0 aromatic rings. The van der Waals surface area contributed by atoms with Crippen LogP contribution in [-0.4, -0.2) is 36.4 Å². The zero-order valence-corrected chi connectivity index (χ0v) is 9.11. The first-order valence-electron chi connectivity index (χ1n) is 3.55. The summed E-state index contributed by atoms with van der Waals surface area (Å²) in [5.74, 6) is -0.559. The number of rotatable bonds is 5. The molecule has 0 amide bonds. The molecule has 0 bridgehead atoms. The zero-order valence-electron chi connectivity index (χ0n) is 7.48. The first-order valence-corrected chi connectivity index (χ1v) is 6.83. The molecule has 0 radical (unpaired) electrons. The van der Waals surface area contributed by atoms with E-state index < -0.39 is 26.6 Å². The van der Waals surface area contributed by atoms with Crippen LogP contribution in [0.3, 0.4) is 0 Å². The molecule has 13 heavy (non-hydrogen) atoms. The normalized spacial score (nSPS) is 16.1. The fraction of sp³-hybridized carbons (Fsp3) is 0.833. The molecule has 0 aromatic carbocycles. The van der Waals surface area contributed by atoms with Gasteiger partial charge in [0.05, 0.1) is 6.07 Å². The van der Waals surface area contributed by atoms with E-state index in [9.17, 15) is 12.6 Å². The van der Waals surface area contributed by atoms with Gasteiger partial charge in [-0.15, -0.1) is 0 Å². The second-order valence-corrected chi connectivity index (χ2v) is 6.18. The van der Waals surface area contributed by atoms with Crippen LogP contribution in [0.4, 0.5) is 0 Å². The third kappa shape index (κ3) is 5.74. The van der Waals surface area contributed by atoms with Crippen LogP contribution in [0.5, 0.6) is 0 Å². The molecule has 2 atom stereocenters. The third-order valence-electron chi connectivity index (χ3n) is 1.41. The second kappa shape index (κ2) is 5.32. The molecule has 0 fully saturated rings. The van der Waals surface area contributed by atoms with Crippen LogP contribution >= 0.6 is 0 Å². The van der Waals surface area contributed by atoms with Gasteiger partial charge in [-0.25, -0.2) is 13.1 Å². The van der Waals surface area contributed by atoms with Crippen molar-refractivity contribution in [2.24, 2.45) is 0 Å². The molecule has 0 aliphatic heterocycles. The van der Waals surface area contributed by atoms with E-state index >= 15 is 0 Å². The first-order chi connectivity index (χ1) is 5.89. The molecule has 0 saturated carbocycles. The third-order valence-corrected chi connectivity index (χ3v) is 3.83. The predicted octanol–water partition coefficient (Wildman–Crippen LogP) is -0.804. The maximum Gasteiger partial charge on any atom is 0.225 e. The van der Waals surface area contributed by atoms with Crippen LogP contribution in [-0.2, 0) is 20.8 Å². The van der Waals surface area contributed by atoms with Gasteiger partial charge >= 0.3 is 0 Å². The summed E-state index contributed by atoms with van der Waals surface area (Å²) >= 11 is 0. The minimum absolute atomic E-state index is 0.104. The van der Waals surface area contributed by atoms with Crippen LogP contribution in [0.25, 0.3) is 0 Å². The molecule has 7 heteroatoms. The van der Waals surface area contributed by atoms with E-state index in [1.54, 1.807) is 6.92 Å². The Labute approximate surface area is 80.6 Å². The molecular formula is C6H12N2O3S2. The molecule has 0 aromatic heterocycles. The molecule has 0 aliphatic rings. The maximum atomic E-state index is 10.9. The summed E-state index contributed by atoms with van der Waals surface area (Å²) < 4.78 is 34.9. The Bertz CT molecular complexity index is 317. The fourth-order valence-electron chi connectivity index (χ4n) is 0.498. The lowest BCUT2D eigenvalue weighted by Gasteiger charge is -2.08. The van der Waals surface area contributed by atoms with Gasteiger partial charge in [0.15, 0.2) is 5.75 Å². The Balaban J connectivity index is 4.04. The van der Waals surface area contributed by atoms with Gasteiger partial charge in [-0.3, -0.25) is 4.21 Å². The summed E-state index contributed by atoms with van der Waals surface area (Å²) in [5.41, 5.74) is 0. The first kappa shape index (κ1) is 12.6. The van der Waals surface area contributed by atoms with Gasteiger partial charge in [-0.1, -0.05) is 0 Å². The van der Waals surface area contributed by atoms with E-state index in [1.807, 2.05) is 0 Å². The van der Waals surface area contributed by atoms with E-state index in [2.05, 4.69) is 4.72 Å². The number of nitrogens with one attached hydrogen (secondary N) is 1. The van der Waals surface area contributed by atoms with Crippen molar-refractivity contribution in [3.63, 3.8) is 0 Å². The average Bonchev–Trinajstić information content (AvgIpc) is 2.00. The SMILES string of the molecule is CC(CNS(=O)(=O)CC#N)S(C)=O. The van der Waals surface area contributed by atoms with Crippen molar-refractivity contribution in [2.75, 3.05) is 18.6 Å². The summed E-state index contributed by atoms with van der Waals surface area (Å²) in [5, 5.41) is 7.90. The molecule has 0 spiro atoms. The van der Waals surface area contributed by atoms with E-state index in [0.717, 1.165) is 0 Å². The second-order valence-electron chi connectivity index (χ2n) is 2.57. The summed E-state index contributed by atoms with van der Waals surface area (Å²) in [6.45, 7) is 1.78. The van der Waals surface area contributed by atoms with E-state index in [0.29, 0.717) is 0 Å². The summed E-state index contributed by atoms with van der Waals surface area (Å²) in [4.78, 5) is 0. The Morgan fingerprint density at radius 1 is 1.62 bits per heavy atom. The Kier molecular flexibility index (Phi) is 5.13. The topological polar surface area (TPSA) is 87.0 Å². The van der Waals surface area contributed by atoms with Crippen LogP contribution in [0, 0.1) is 11.3 Å². The van der Waals surface area contributed by atoms with Gasteiger partial charge in [0.2, 0.25) is 10.0 Å². The van der Waals surface area contributed by atoms with Crippen LogP contribution in [0.1, 0.15) is 6.92 Å². The summed E-state index contributed by atoms with van der Waals surface area (Å²) in [6.07, 6.45) is 1.50. The molecule has 2 unspecified atom stereocenters. The van der Waals surface area contributed by atoms with Crippen molar-refractivity contribution in [3.8, 4) is 6.07 Å². The Morgan fingerprint density at radius 3 is 2.54 bits per heavy atom. The van der Waals surface area contributed by atoms with Gasteiger partial charge in [-0.05, 0) is 6.92 Å². The molecule has 0 saturated heterocycles. The van der Waals surface area contributed by atoms with Crippen molar-refractivity contribution in [2.45, 2.75) is 12.2 Å². The van der Waals surface area contributed by atoms with E-state index in [1.165, 1.54) is 12.3 Å². The average molecular weight is 224 g/mol. The van der Waals surface area contributed by atoms with Gasteiger partial charge in [0, 0.05) is 28.9 Å². The highest BCUT2D eigenvalue weighted by Crippen LogP contribution is 1.91. The van der Waals surface area contributed by atoms with Gasteiger partial charge < -0.3 is 0 Å². The lowest BCUT2D eigenvalue weighted by Crippen LogP contribution is -2.33. The van der Waals surface area contributed by atoms with Crippen molar-refractivity contribution < 1.29 is 12.6 Å². The van der Waals surface area contributed by atoms with Crippen LogP contribution < -0.4 is 4.72 Å². The lowest BCUT2D eigenvalue weighted by molar-refractivity contribution is 0.584. The largest absolute Gasteiger partial charge is 0.260 e.